The van der Waals surface area contributed by atoms with Crippen molar-refractivity contribution >= 4 is 11.6 Å². The lowest BCUT2D eigenvalue weighted by atomic mass is 9.85. The van der Waals surface area contributed by atoms with Crippen LogP contribution in [0, 0.1) is 0 Å². The van der Waals surface area contributed by atoms with Crippen LogP contribution in [0.1, 0.15) is 42.6 Å². The standard InChI is InChI=1S/C12H20N4O2/c1-16-10(9(13)7-15-16)11(17)14-8-12(18)5-3-2-4-6-12/h7,18H,2-6,8,13H2,1H3,(H,14,17). The number of anilines is 1. The van der Waals surface area contributed by atoms with E-state index in [4.69, 9.17) is 5.73 Å². The molecule has 1 aliphatic carbocycles. The SMILES string of the molecule is Cn1ncc(N)c1C(=O)NCC1(O)CCCCC1. The van der Waals surface area contributed by atoms with Gasteiger partial charge in [-0.05, 0) is 12.8 Å². The molecule has 0 aliphatic heterocycles. The fourth-order valence-corrected chi connectivity index (χ4v) is 2.45. The van der Waals surface area contributed by atoms with E-state index in [1.54, 1.807) is 7.05 Å². The molecule has 1 saturated carbocycles. The summed E-state index contributed by atoms with van der Waals surface area (Å²) in [5.41, 5.74) is 5.61. The molecule has 0 atom stereocenters. The molecule has 1 aromatic rings. The van der Waals surface area contributed by atoms with E-state index >= 15 is 0 Å². The van der Waals surface area contributed by atoms with Crippen molar-refractivity contribution in [1.82, 2.24) is 15.1 Å². The summed E-state index contributed by atoms with van der Waals surface area (Å²) in [4.78, 5) is 12.0. The second-order valence-electron chi connectivity index (χ2n) is 5.04. The monoisotopic (exact) mass is 252 g/mol. The Labute approximate surface area is 106 Å². The zero-order valence-corrected chi connectivity index (χ0v) is 10.6. The van der Waals surface area contributed by atoms with Gasteiger partial charge in [-0.1, -0.05) is 19.3 Å². The van der Waals surface area contributed by atoms with Crippen molar-refractivity contribution < 1.29 is 9.90 Å². The Morgan fingerprint density at radius 1 is 1.56 bits per heavy atom. The second-order valence-corrected chi connectivity index (χ2v) is 5.04. The Hall–Kier alpha value is -1.56. The Balaban J connectivity index is 1.96. The van der Waals surface area contributed by atoms with Gasteiger partial charge >= 0.3 is 0 Å². The van der Waals surface area contributed by atoms with E-state index in [1.807, 2.05) is 0 Å². The molecule has 1 heterocycles. The lowest BCUT2D eigenvalue weighted by Crippen LogP contribution is -2.44. The molecule has 1 aliphatic rings. The summed E-state index contributed by atoms with van der Waals surface area (Å²) in [5.74, 6) is -0.286. The lowest BCUT2D eigenvalue weighted by molar-refractivity contribution is 0.00517. The fourth-order valence-electron chi connectivity index (χ4n) is 2.45. The minimum Gasteiger partial charge on any atom is -0.396 e. The second kappa shape index (κ2) is 4.97. The van der Waals surface area contributed by atoms with Gasteiger partial charge in [0.2, 0.25) is 0 Å². The van der Waals surface area contributed by atoms with Gasteiger partial charge in [0.05, 0.1) is 17.5 Å². The Morgan fingerprint density at radius 2 is 2.22 bits per heavy atom. The highest BCUT2D eigenvalue weighted by atomic mass is 16.3. The summed E-state index contributed by atoms with van der Waals surface area (Å²) < 4.78 is 1.44. The number of carbonyl (C=O) groups is 1. The number of nitrogen functional groups attached to an aromatic ring is 1. The summed E-state index contributed by atoms with van der Waals surface area (Å²) >= 11 is 0. The van der Waals surface area contributed by atoms with Crippen LogP contribution in [0.3, 0.4) is 0 Å². The first kappa shape index (κ1) is 12.9. The predicted octanol–water partition coefficient (Wildman–Crippen LogP) is 0.427. The normalized spacial score (nSPS) is 18.6. The zero-order chi connectivity index (χ0) is 13.2. The van der Waals surface area contributed by atoms with Crippen molar-refractivity contribution in [2.75, 3.05) is 12.3 Å². The quantitative estimate of drug-likeness (QED) is 0.727. The Kier molecular flexibility index (Phi) is 3.56. The van der Waals surface area contributed by atoms with E-state index in [0.717, 1.165) is 32.1 Å². The molecular formula is C12H20N4O2. The van der Waals surface area contributed by atoms with E-state index < -0.39 is 5.60 Å². The summed E-state index contributed by atoms with van der Waals surface area (Å²) in [5, 5.41) is 17.0. The maximum absolute atomic E-state index is 12.0. The number of hydrogen-bond donors (Lipinski definition) is 3. The van der Waals surface area contributed by atoms with Gasteiger partial charge in [0.25, 0.3) is 5.91 Å². The third-order valence-corrected chi connectivity index (χ3v) is 3.54. The molecule has 0 unspecified atom stereocenters. The number of nitrogens with two attached hydrogens (primary N) is 1. The van der Waals surface area contributed by atoms with Crippen molar-refractivity contribution in [3.05, 3.63) is 11.9 Å². The number of nitrogens with one attached hydrogen (secondary N) is 1. The van der Waals surface area contributed by atoms with Crippen molar-refractivity contribution in [3.63, 3.8) is 0 Å². The third kappa shape index (κ3) is 2.64. The van der Waals surface area contributed by atoms with Gasteiger partial charge in [0.1, 0.15) is 5.69 Å². The summed E-state index contributed by atoms with van der Waals surface area (Å²) in [7, 11) is 1.67. The summed E-state index contributed by atoms with van der Waals surface area (Å²) in [6.07, 6.45) is 6.12. The summed E-state index contributed by atoms with van der Waals surface area (Å²) in [6.45, 7) is 0.274. The highest BCUT2D eigenvalue weighted by Crippen LogP contribution is 2.27. The molecule has 1 aromatic heterocycles. The third-order valence-electron chi connectivity index (χ3n) is 3.54. The molecular weight excluding hydrogens is 232 g/mol. The Bertz CT molecular complexity index is 416. The van der Waals surface area contributed by atoms with Gasteiger partial charge in [0.15, 0.2) is 0 Å². The van der Waals surface area contributed by atoms with Gasteiger partial charge in [0, 0.05) is 13.6 Å². The molecule has 18 heavy (non-hydrogen) atoms. The van der Waals surface area contributed by atoms with Crippen LogP contribution < -0.4 is 11.1 Å². The van der Waals surface area contributed by atoms with E-state index in [2.05, 4.69) is 10.4 Å². The highest BCUT2D eigenvalue weighted by molar-refractivity contribution is 5.97. The largest absolute Gasteiger partial charge is 0.396 e. The molecule has 1 fully saturated rings. The number of carbonyl (C=O) groups excluding carboxylic acids is 1. The van der Waals surface area contributed by atoms with Crippen molar-refractivity contribution in [3.8, 4) is 0 Å². The first-order valence-corrected chi connectivity index (χ1v) is 6.30. The van der Waals surface area contributed by atoms with Crippen LogP contribution in [-0.4, -0.2) is 32.9 Å². The molecule has 0 bridgehead atoms. The van der Waals surface area contributed by atoms with E-state index in [-0.39, 0.29) is 12.5 Å². The van der Waals surface area contributed by atoms with Gasteiger partial charge < -0.3 is 16.2 Å². The van der Waals surface area contributed by atoms with Crippen LogP contribution in [0.5, 0.6) is 0 Å². The van der Waals surface area contributed by atoms with Crippen LogP contribution in [0.2, 0.25) is 0 Å². The first-order valence-electron chi connectivity index (χ1n) is 6.30. The maximum Gasteiger partial charge on any atom is 0.271 e. The van der Waals surface area contributed by atoms with Gasteiger partial charge in [-0.25, -0.2) is 0 Å². The van der Waals surface area contributed by atoms with Crippen LogP contribution in [0.4, 0.5) is 5.69 Å². The van der Waals surface area contributed by atoms with E-state index in [1.165, 1.54) is 10.9 Å². The summed E-state index contributed by atoms with van der Waals surface area (Å²) in [6, 6.07) is 0. The van der Waals surface area contributed by atoms with Crippen LogP contribution in [0.25, 0.3) is 0 Å². The molecule has 6 heteroatoms. The number of rotatable bonds is 3. The van der Waals surface area contributed by atoms with Crippen LogP contribution in [-0.2, 0) is 7.05 Å². The fraction of sp³-hybridized carbons (Fsp3) is 0.667. The van der Waals surface area contributed by atoms with Crippen molar-refractivity contribution in [2.45, 2.75) is 37.7 Å². The number of aliphatic hydroxyl groups is 1. The van der Waals surface area contributed by atoms with E-state index in [0.29, 0.717) is 11.4 Å². The average molecular weight is 252 g/mol. The Morgan fingerprint density at radius 3 is 2.78 bits per heavy atom. The average Bonchev–Trinajstić information content (AvgIpc) is 2.67. The molecule has 2 rings (SSSR count). The number of aromatic nitrogens is 2. The topological polar surface area (TPSA) is 93.2 Å². The molecule has 100 valence electrons. The predicted molar refractivity (Wildman–Crippen MR) is 68.0 cm³/mol. The molecule has 0 saturated heterocycles. The van der Waals surface area contributed by atoms with Crippen LogP contribution >= 0.6 is 0 Å². The van der Waals surface area contributed by atoms with Crippen LogP contribution in [0.15, 0.2) is 6.20 Å². The number of aryl methyl sites for hydroxylation is 1. The minimum absolute atomic E-state index is 0.274. The number of nitrogens with zero attached hydrogens (tertiary/aromatic N) is 2. The molecule has 0 radical (unpaired) electrons. The van der Waals surface area contributed by atoms with Crippen molar-refractivity contribution in [2.24, 2.45) is 7.05 Å². The molecule has 4 N–H and O–H groups in total. The lowest BCUT2D eigenvalue weighted by Gasteiger charge is -2.32. The van der Waals surface area contributed by atoms with Gasteiger partial charge in [-0.2, -0.15) is 5.10 Å². The number of hydrogen-bond acceptors (Lipinski definition) is 4. The molecule has 1 amide bonds. The van der Waals surface area contributed by atoms with Gasteiger partial charge in [-0.3, -0.25) is 9.48 Å². The van der Waals surface area contributed by atoms with E-state index in [9.17, 15) is 9.90 Å². The zero-order valence-electron chi connectivity index (χ0n) is 10.6. The smallest absolute Gasteiger partial charge is 0.271 e. The molecule has 0 aromatic carbocycles. The minimum atomic E-state index is -0.763. The number of amides is 1. The van der Waals surface area contributed by atoms with Crippen molar-refractivity contribution in [1.29, 1.82) is 0 Å². The van der Waals surface area contributed by atoms with Gasteiger partial charge in [-0.15, -0.1) is 0 Å². The highest BCUT2D eigenvalue weighted by Gasteiger charge is 2.30. The molecule has 6 nitrogen and oxygen atoms in total. The molecule has 0 spiro atoms. The first-order chi connectivity index (χ1) is 8.52. The maximum atomic E-state index is 12.0.